The van der Waals surface area contributed by atoms with Crippen LogP contribution in [0.2, 0.25) is 0 Å². The molecular formula is C12H14N4. The lowest BCUT2D eigenvalue weighted by molar-refractivity contribution is 0.586. The Hall–Kier alpha value is -1.81. The summed E-state index contributed by atoms with van der Waals surface area (Å²) in [5, 5.41) is 3.26. The highest BCUT2D eigenvalue weighted by Gasteiger charge is 2.10. The maximum Gasteiger partial charge on any atom is 0.115 e. The maximum atomic E-state index is 4.11. The van der Waals surface area contributed by atoms with Crippen LogP contribution in [0.15, 0.2) is 43.2 Å². The number of rotatable bonds is 4. The SMILES string of the molecule is CNC(Cc1cccnc1)c1cncnc1. The van der Waals surface area contributed by atoms with E-state index in [1.807, 2.05) is 31.7 Å². The van der Waals surface area contributed by atoms with Crippen LogP contribution in [-0.2, 0) is 6.42 Å². The van der Waals surface area contributed by atoms with Gasteiger partial charge in [0.15, 0.2) is 0 Å². The molecule has 0 saturated heterocycles. The lowest BCUT2D eigenvalue weighted by Crippen LogP contribution is -2.19. The van der Waals surface area contributed by atoms with Crippen LogP contribution in [0.25, 0.3) is 0 Å². The number of likely N-dealkylation sites (N-methyl/N-ethyl adjacent to an activating group) is 1. The molecule has 82 valence electrons. The molecule has 4 nitrogen and oxygen atoms in total. The van der Waals surface area contributed by atoms with E-state index in [0.717, 1.165) is 12.0 Å². The van der Waals surface area contributed by atoms with E-state index in [-0.39, 0.29) is 6.04 Å². The predicted octanol–water partition coefficient (Wildman–Crippen LogP) is 1.37. The van der Waals surface area contributed by atoms with Crippen LogP contribution in [0.4, 0.5) is 0 Å². The second kappa shape index (κ2) is 5.32. The first-order valence-corrected chi connectivity index (χ1v) is 5.21. The molecule has 2 aromatic heterocycles. The van der Waals surface area contributed by atoms with E-state index in [9.17, 15) is 0 Å². The fourth-order valence-electron chi connectivity index (χ4n) is 1.63. The minimum Gasteiger partial charge on any atom is -0.313 e. The monoisotopic (exact) mass is 214 g/mol. The molecule has 0 aliphatic carbocycles. The van der Waals surface area contributed by atoms with Gasteiger partial charge in [-0.25, -0.2) is 9.97 Å². The topological polar surface area (TPSA) is 50.7 Å². The van der Waals surface area contributed by atoms with Crippen molar-refractivity contribution in [2.75, 3.05) is 7.05 Å². The Labute approximate surface area is 94.8 Å². The van der Waals surface area contributed by atoms with Gasteiger partial charge in [0.1, 0.15) is 6.33 Å². The van der Waals surface area contributed by atoms with Gasteiger partial charge in [-0.05, 0) is 25.1 Å². The molecule has 2 aromatic rings. The molecule has 0 bridgehead atoms. The number of nitrogens with zero attached hydrogens (tertiary/aromatic N) is 3. The summed E-state index contributed by atoms with van der Waals surface area (Å²) < 4.78 is 0. The fraction of sp³-hybridized carbons (Fsp3) is 0.250. The highest BCUT2D eigenvalue weighted by atomic mass is 14.9. The van der Waals surface area contributed by atoms with Crippen molar-refractivity contribution >= 4 is 0 Å². The molecule has 0 radical (unpaired) electrons. The van der Waals surface area contributed by atoms with Crippen molar-refractivity contribution in [2.45, 2.75) is 12.5 Å². The summed E-state index contributed by atoms with van der Waals surface area (Å²) in [4.78, 5) is 12.2. The Morgan fingerprint density at radius 1 is 1.19 bits per heavy atom. The van der Waals surface area contributed by atoms with Crippen LogP contribution in [-0.4, -0.2) is 22.0 Å². The highest BCUT2D eigenvalue weighted by molar-refractivity contribution is 5.16. The molecule has 1 N–H and O–H groups in total. The van der Waals surface area contributed by atoms with Gasteiger partial charge in [0, 0.05) is 36.4 Å². The van der Waals surface area contributed by atoms with E-state index in [1.54, 1.807) is 12.5 Å². The van der Waals surface area contributed by atoms with Gasteiger partial charge in [-0.15, -0.1) is 0 Å². The van der Waals surface area contributed by atoms with Crippen molar-refractivity contribution in [3.8, 4) is 0 Å². The Morgan fingerprint density at radius 3 is 2.62 bits per heavy atom. The van der Waals surface area contributed by atoms with E-state index < -0.39 is 0 Å². The molecular weight excluding hydrogens is 200 g/mol. The molecule has 0 saturated carbocycles. The lowest BCUT2D eigenvalue weighted by atomic mass is 10.0. The van der Waals surface area contributed by atoms with Crippen LogP contribution in [0.1, 0.15) is 17.2 Å². The standard InChI is InChI=1S/C12H14N4/c1-13-12(11-7-15-9-16-8-11)5-10-3-2-4-14-6-10/h2-4,6-9,12-13H,5H2,1H3. The molecule has 1 unspecified atom stereocenters. The minimum absolute atomic E-state index is 0.227. The van der Waals surface area contributed by atoms with Crippen molar-refractivity contribution < 1.29 is 0 Å². The number of pyridine rings is 1. The second-order valence-corrected chi connectivity index (χ2v) is 3.58. The van der Waals surface area contributed by atoms with Gasteiger partial charge >= 0.3 is 0 Å². The first-order chi connectivity index (χ1) is 7.90. The first kappa shape index (κ1) is 10.7. The third-order valence-electron chi connectivity index (χ3n) is 2.49. The average molecular weight is 214 g/mol. The summed E-state index contributed by atoms with van der Waals surface area (Å²) >= 11 is 0. The van der Waals surface area contributed by atoms with Crippen molar-refractivity contribution in [1.82, 2.24) is 20.3 Å². The minimum atomic E-state index is 0.227. The Balaban J connectivity index is 2.13. The van der Waals surface area contributed by atoms with Crippen molar-refractivity contribution in [1.29, 1.82) is 0 Å². The first-order valence-electron chi connectivity index (χ1n) is 5.21. The number of hydrogen-bond acceptors (Lipinski definition) is 4. The van der Waals surface area contributed by atoms with E-state index in [0.29, 0.717) is 0 Å². The Kier molecular flexibility index (Phi) is 3.56. The molecule has 0 aromatic carbocycles. The molecule has 2 rings (SSSR count). The molecule has 2 heterocycles. The molecule has 16 heavy (non-hydrogen) atoms. The fourth-order valence-corrected chi connectivity index (χ4v) is 1.63. The molecule has 0 fully saturated rings. The summed E-state index contributed by atoms with van der Waals surface area (Å²) in [6.45, 7) is 0. The van der Waals surface area contributed by atoms with Crippen LogP contribution >= 0.6 is 0 Å². The zero-order chi connectivity index (χ0) is 11.2. The molecule has 0 aliphatic heterocycles. The van der Waals surface area contributed by atoms with E-state index in [1.165, 1.54) is 5.56 Å². The average Bonchev–Trinajstić information content (AvgIpc) is 2.38. The Morgan fingerprint density at radius 2 is 2.00 bits per heavy atom. The highest BCUT2D eigenvalue weighted by Crippen LogP contribution is 2.15. The van der Waals surface area contributed by atoms with E-state index in [4.69, 9.17) is 0 Å². The smallest absolute Gasteiger partial charge is 0.115 e. The normalized spacial score (nSPS) is 12.3. The third kappa shape index (κ3) is 2.61. The lowest BCUT2D eigenvalue weighted by Gasteiger charge is -2.15. The van der Waals surface area contributed by atoms with Crippen LogP contribution in [0.3, 0.4) is 0 Å². The van der Waals surface area contributed by atoms with Crippen LogP contribution < -0.4 is 5.32 Å². The molecule has 0 amide bonds. The molecule has 4 heteroatoms. The molecule has 1 atom stereocenters. The molecule has 0 spiro atoms. The summed E-state index contributed by atoms with van der Waals surface area (Å²) in [5.74, 6) is 0. The number of aromatic nitrogens is 3. The third-order valence-corrected chi connectivity index (χ3v) is 2.49. The van der Waals surface area contributed by atoms with Gasteiger partial charge < -0.3 is 5.32 Å². The van der Waals surface area contributed by atoms with Gasteiger partial charge in [0.05, 0.1) is 0 Å². The van der Waals surface area contributed by atoms with Crippen molar-refractivity contribution in [3.63, 3.8) is 0 Å². The zero-order valence-corrected chi connectivity index (χ0v) is 9.17. The summed E-state index contributed by atoms with van der Waals surface area (Å²) in [6.07, 6.45) is 9.77. The summed E-state index contributed by atoms with van der Waals surface area (Å²) in [6, 6.07) is 4.25. The largest absolute Gasteiger partial charge is 0.313 e. The van der Waals surface area contributed by atoms with E-state index in [2.05, 4.69) is 26.3 Å². The van der Waals surface area contributed by atoms with Gasteiger partial charge in [-0.2, -0.15) is 0 Å². The van der Waals surface area contributed by atoms with Crippen LogP contribution in [0, 0.1) is 0 Å². The predicted molar refractivity (Wildman–Crippen MR) is 61.8 cm³/mol. The zero-order valence-electron chi connectivity index (χ0n) is 9.17. The summed E-state index contributed by atoms with van der Waals surface area (Å²) in [7, 11) is 1.94. The number of hydrogen-bond donors (Lipinski definition) is 1. The van der Waals surface area contributed by atoms with Crippen LogP contribution in [0.5, 0.6) is 0 Å². The number of nitrogens with one attached hydrogen (secondary N) is 1. The summed E-state index contributed by atoms with van der Waals surface area (Å²) in [5.41, 5.74) is 2.29. The van der Waals surface area contributed by atoms with Gasteiger partial charge in [0.2, 0.25) is 0 Å². The van der Waals surface area contributed by atoms with Gasteiger partial charge in [0.25, 0.3) is 0 Å². The van der Waals surface area contributed by atoms with Gasteiger partial charge in [-0.1, -0.05) is 6.07 Å². The van der Waals surface area contributed by atoms with Crippen molar-refractivity contribution in [2.24, 2.45) is 0 Å². The van der Waals surface area contributed by atoms with E-state index >= 15 is 0 Å². The Bertz CT molecular complexity index is 416. The maximum absolute atomic E-state index is 4.11. The van der Waals surface area contributed by atoms with Gasteiger partial charge in [-0.3, -0.25) is 4.98 Å². The van der Waals surface area contributed by atoms with Crippen molar-refractivity contribution in [3.05, 3.63) is 54.4 Å². The quantitative estimate of drug-likeness (QED) is 0.835. The molecule has 0 aliphatic rings. The second-order valence-electron chi connectivity index (χ2n) is 3.58.